The van der Waals surface area contributed by atoms with Crippen molar-refractivity contribution >= 4 is 22.9 Å². The van der Waals surface area contributed by atoms with Crippen LogP contribution in [0.2, 0.25) is 0 Å². The lowest BCUT2D eigenvalue weighted by Gasteiger charge is -2.10. The van der Waals surface area contributed by atoms with E-state index in [0.717, 1.165) is 17.8 Å². The van der Waals surface area contributed by atoms with Gasteiger partial charge in [0.05, 0.1) is 17.7 Å². The van der Waals surface area contributed by atoms with E-state index in [1.807, 2.05) is 22.9 Å². The first-order valence-electron chi connectivity index (χ1n) is 8.38. The van der Waals surface area contributed by atoms with Gasteiger partial charge in [0.15, 0.2) is 5.82 Å². The molecule has 0 atom stereocenters. The maximum Gasteiger partial charge on any atom is 0.433 e. The molecule has 1 aromatic carbocycles. The van der Waals surface area contributed by atoms with Crippen LogP contribution in [0.15, 0.2) is 55.0 Å². The highest BCUT2D eigenvalue weighted by molar-refractivity contribution is 6.20. The first-order valence-corrected chi connectivity index (χ1v) is 8.38. The van der Waals surface area contributed by atoms with E-state index in [-0.39, 0.29) is 11.4 Å². The number of carbonyl (C=O) groups is 1. The first kappa shape index (κ1) is 18.5. The number of primary amides is 1. The minimum absolute atomic E-state index is 0.117. The first-order chi connectivity index (χ1) is 13.8. The molecule has 0 saturated carbocycles. The number of alkyl halides is 3. The number of nitrogens with two attached hydrogens (primary N) is 1. The number of halogens is 3. The maximum absolute atomic E-state index is 13.0. The fourth-order valence-electron chi connectivity index (χ4n) is 2.90. The Labute approximate surface area is 162 Å². The van der Waals surface area contributed by atoms with E-state index in [2.05, 4.69) is 25.6 Å². The van der Waals surface area contributed by atoms with Gasteiger partial charge in [-0.3, -0.25) is 4.79 Å². The zero-order valence-electron chi connectivity index (χ0n) is 14.7. The number of hydrogen-bond donors (Lipinski definition) is 3. The lowest BCUT2D eigenvalue weighted by Crippen LogP contribution is -2.21. The molecule has 0 saturated heterocycles. The van der Waals surface area contributed by atoms with Crippen LogP contribution in [0.5, 0.6) is 0 Å². The summed E-state index contributed by atoms with van der Waals surface area (Å²) in [7, 11) is 0. The summed E-state index contributed by atoms with van der Waals surface area (Å²) in [6, 6.07) is 6.23. The fraction of sp³-hybridized carbons (Fsp3) is 0.111. The SMILES string of the molecule is NC(=O)/C(=C1\Nc2ccc(Cn3ccnc3)cc2N1)c1nccc(C(F)(F)F)n1. The average Bonchev–Trinajstić information content (AvgIpc) is 3.30. The zero-order chi connectivity index (χ0) is 20.6. The van der Waals surface area contributed by atoms with E-state index < -0.39 is 23.6 Å². The third-order valence-electron chi connectivity index (χ3n) is 4.19. The lowest BCUT2D eigenvalue weighted by atomic mass is 10.2. The second-order valence-electron chi connectivity index (χ2n) is 6.24. The van der Waals surface area contributed by atoms with Crippen LogP contribution in [0.25, 0.3) is 5.57 Å². The number of aromatic nitrogens is 4. The predicted molar refractivity (Wildman–Crippen MR) is 98.2 cm³/mol. The smallest absolute Gasteiger partial charge is 0.365 e. The number of fused-ring (bicyclic) bond motifs is 1. The average molecular weight is 401 g/mol. The Morgan fingerprint density at radius 1 is 1.14 bits per heavy atom. The number of hydrogen-bond acceptors (Lipinski definition) is 6. The molecule has 2 aromatic heterocycles. The number of nitrogens with one attached hydrogen (secondary N) is 2. The highest BCUT2D eigenvalue weighted by Gasteiger charge is 2.34. The number of carbonyl (C=O) groups excluding carboxylic acids is 1. The van der Waals surface area contributed by atoms with Gasteiger partial charge in [-0.1, -0.05) is 6.07 Å². The molecule has 4 rings (SSSR count). The third-order valence-corrected chi connectivity index (χ3v) is 4.19. The molecular weight excluding hydrogens is 387 g/mol. The molecule has 4 N–H and O–H groups in total. The lowest BCUT2D eigenvalue weighted by molar-refractivity contribution is -0.141. The second-order valence-corrected chi connectivity index (χ2v) is 6.24. The van der Waals surface area contributed by atoms with E-state index in [1.54, 1.807) is 18.6 Å². The van der Waals surface area contributed by atoms with Crippen LogP contribution in [0.4, 0.5) is 24.5 Å². The fourth-order valence-corrected chi connectivity index (χ4v) is 2.90. The molecule has 1 aliphatic heterocycles. The Bertz CT molecular complexity index is 1110. The highest BCUT2D eigenvalue weighted by atomic mass is 19.4. The van der Waals surface area contributed by atoms with Crippen molar-refractivity contribution in [3.8, 4) is 0 Å². The Morgan fingerprint density at radius 2 is 1.93 bits per heavy atom. The maximum atomic E-state index is 13.0. The van der Waals surface area contributed by atoms with Gasteiger partial charge in [0, 0.05) is 25.1 Å². The summed E-state index contributed by atoms with van der Waals surface area (Å²) in [5, 5.41) is 5.92. The molecule has 0 radical (unpaired) electrons. The highest BCUT2D eigenvalue weighted by Crippen LogP contribution is 2.35. The number of nitrogens with zero attached hydrogens (tertiary/aromatic N) is 4. The molecular formula is C18H14F3N7O. The molecule has 0 aliphatic carbocycles. The molecule has 0 spiro atoms. The van der Waals surface area contributed by atoms with Crippen molar-refractivity contribution in [1.29, 1.82) is 0 Å². The van der Waals surface area contributed by atoms with Crippen LogP contribution in [-0.2, 0) is 17.5 Å². The molecule has 0 unspecified atom stereocenters. The van der Waals surface area contributed by atoms with Gasteiger partial charge in [-0.25, -0.2) is 15.0 Å². The summed E-state index contributed by atoms with van der Waals surface area (Å²) >= 11 is 0. The van der Waals surface area contributed by atoms with Gasteiger partial charge in [0.2, 0.25) is 0 Å². The van der Waals surface area contributed by atoms with Crippen molar-refractivity contribution in [2.45, 2.75) is 12.7 Å². The minimum atomic E-state index is -4.67. The molecule has 0 fully saturated rings. The zero-order valence-corrected chi connectivity index (χ0v) is 14.7. The van der Waals surface area contributed by atoms with Gasteiger partial charge < -0.3 is 20.9 Å². The quantitative estimate of drug-likeness (QED) is 0.579. The van der Waals surface area contributed by atoms with Crippen LogP contribution in [-0.4, -0.2) is 25.4 Å². The standard InChI is InChI=1S/C18H14F3N7O/c19-18(20,21)13-3-4-24-16(27-13)14(15(22)29)17-25-11-2-1-10(7-12(11)26-17)8-28-6-5-23-9-28/h1-7,9,25-26H,8H2,(H2,22,29)/b17-14-. The van der Waals surface area contributed by atoms with Crippen LogP contribution < -0.4 is 16.4 Å². The monoisotopic (exact) mass is 401 g/mol. The molecule has 3 aromatic rings. The number of benzene rings is 1. The third kappa shape index (κ3) is 3.74. The van der Waals surface area contributed by atoms with E-state index in [0.29, 0.717) is 17.9 Å². The predicted octanol–water partition coefficient (Wildman–Crippen LogP) is 2.43. The topological polar surface area (TPSA) is 111 Å². The van der Waals surface area contributed by atoms with Crippen LogP contribution >= 0.6 is 0 Å². The molecule has 1 amide bonds. The van der Waals surface area contributed by atoms with Crippen LogP contribution in [0.3, 0.4) is 0 Å². The molecule has 8 nitrogen and oxygen atoms in total. The summed E-state index contributed by atoms with van der Waals surface area (Å²) in [4.78, 5) is 23.2. The van der Waals surface area contributed by atoms with E-state index >= 15 is 0 Å². The molecule has 3 heterocycles. The van der Waals surface area contributed by atoms with Crippen molar-refractivity contribution in [2.75, 3.05) is 10.6 Å². The number of imidazole rings is 1. The van der Waals surface area contributed by atoms with Crippen molar-refractivity contribution in [2.24, 2.45) is 5.73 Å². The van der Waals surface area contributed by atoms with Crippen molar-refractivity contribution in [3.05, 3.63) is 72.1 Å². The summed E-state index contributed by atoms with van der Waals surface area (Å²) in [6.45, 7) is 0.577. The summed E-state index contributed by atoms with van der Waals surface area (Å²) in [5.41, 5.74) is 6.21. The second kappa shape index (κ2) is 6.93. The van der Waals surface area contributed by atoms with E-state index in [4.69, 9.17) is 5.73 Å². The van der Waals surface area contributed by atoms with Gasteiger partial charge in [-0.15, -0.1) is 0 Å². The normalized spacial score (nSPS) is 14.7. The largest absolute Gasteiger partial charge is 0.433 e. The van der Waals surface area contributed by atoms with Crippen molar-refractivity contribution < 1.29 is 18.0 Å². The number of rotatable bonds is 4. The Balaban J connectivity index is 1.68. The van der Waals surface area contributed by atoms with Gasteiger partial charge in [0.1, 0.15) is 17.1 Å². The molecule has 1 aliphatic rings. The number of amides is 1. The Hall–Kier alpha value is -3.89. The minimum Gasteiger partial charge on any atom is -0.365 e. The number of anilines is 2. The Morgan fingerprint density at radius 3 is 2.62 bits per heavy atom. The van der Waals surface area contributed by atoms with Crippen LogP contribution in [0.1, 0.15) is 17.1 Å². The van der Waals surface area contributed by atoms with Gasteiger partial charge in [-0.05, 0) is 23.8 Å². The molecule has 148 valence electrons. The Kier molecular flexibility index (Phi) is 4.41. The summed E-state index contributed by atoms with van der Waals surface area (Å²) in [5.74, 6) is -1.27. The summed E-state index contributed by atoms with van der Waals surface area (Å²) < 4.78 is 40.8. The van der Waals surface area contributed by atoms with Gasteiger partial charge in [0.25, 0.3) is 5.91 Å². The van der Waals surface area contributed by atoms with Crippen molar-refractivity contribution in [3.63, 3.8) is 0 Å². The van der Waals surface area contributed by atoms with Gasteiger partial charge >= 0.3 is 6.18 Å². The van der Waals surface area contributed by atoms with E-state index in [1.165, 1.54) is 0 Å². The van der Waals surface area contributed by atoms with E-state index in [9.17, 15) is 18.0 Å². The molecule has 29 heavy (non-hydrogen) atoms. The van der Waals surface area contributed by atoms with Crippen molar-refractivity contribution in [1.82, 2.24) is 19.5 Å². The molecule has 0 bridgehead atoms. The van der Waals surface area contributed by atoms with Crippen LogP contribution in [0, 0.1) is 0 Å². The summed E-state index contributed by atoms with van der Waals surface area (Å²) in [6.07, 6.45) is 1.43. The molecule has 11 heteroatoms. The van der Waals surface area contributed by atoms with Gasteiger partial charge in [-0.2, -0.15) is 13.2 Å².